The highest BCUT2D eigenvalue weighted by Crippen LogP contribution is 2.19. The third kappa shape index (κ3) is 5.73. The van der Waals surface area contributed by atoms with Crippen LogP contribution in [0.1, 0.15) is 12.5 Å². The van der Waals surface area contributed by atoms with Crippen molar-refractivity contribution in [2.24, 2.45) is 4.99 Å². The summed E-state index contributed by atoms with van der Waals surface area (Å²) in [6, 6.07) is 12.6. The molecule has 0 spiro atoms. The lowest BCUT2D eigenvalue weighted by atomic mass is 10.2. The van der Waals surface area contributed by atoms with Crippen molar-refractivity contribution in [1.29, 1.82) is 0 Å². The second kappa shape index (κ2) is 10.3. The Labute approximate surface area is 175 Å². The van der Waals surface area contributed by atoms with Crippen molar-refractivity contribution in [3.63, 3.8) is 0 Å². The molecule has 0 bridgehead atoms. The van der Waals surface area contributed by atoms with Gasteiger partial charge in [0.15, 0.2) is 5.96 Å². The van der Waals surface area contributed by atoms with Gasteiger partial charge in [-0.1, -0.05) is 12.1 Å². The van der Waals surface area contributed by atoms with Gasteiger partial charge in [-0.3, -0.25) is 4.99 Å². The molecular weight excluding hydrogens is 385 g/mol. The van der Waals surface area contributed by atoms with E-state index in [1.54, 1.807) is 43.5 Å². The van der Waals surface area contributed by atoms with Crippen molar-refractivity contribution >= 4 is 5.96 Å². The van der Waals surface area contributed by atoms with Crippen molar-refractivity contribution in [3.8, 4) is 17.2 Å². The third-order valence-corrected chi connectivity index (χ3v) is 4.41. The monoisotopic (exact) mass is 411 g/mol. The molecule has 30 heavy (non-hydrogen) atoms. The minimum absolute atomic E-state index is 0.0948. The van der Waals surface area contributed by atoms with Crippen LogP contribution in [0.15, 0.2) is 66.2 Å². The first-order valence-corrected chi connectivity index (χ1v) is 9.61. The van der Waals surface area contributed by atoms with E-state index < -0.39 is 0 Å². The van der Waals surface area contributed by atoms with E-state index >= 15 is 0 Å². The lowest BCUT2D eigenvalue weighted by Gasteiger charge is -2.18. The van der Waals surface area contributed by atoms with Gasteiger partial charge in [0.2, 0.25) is 0 Å². The topological polar surface area (TPSA) is 72.7 Å². The molecule has 2 N–H and O–H groups in total. The predicted molar refractivity (Wildman–Crippen MR) is 115 cm³/mol. The summed E-state index contributed by atoms with van der Waals surface area (Å²) < 4.78 is 27.1. The molecule has 3 aromatic rings. The first kappa shape index (κ1) is 21.2. The van der Waals surface area contributed by atoms with Crippen LogP contribution in [0.5, 0.6) is 11.5 Å². The van der Waals surface area contributed by atoms with Crippen molar-refractivity contribution < 1.29 is 13.9 Å². The molecule has 1 atom stereocenters. The van der Waals surface area contributed by atoms with Gasteiger partial charge >= 0.3 is 0 Å². The molecule has 0 aliphatic carbocycles. The van der Waals surface area contributed by atoms with Gasteiger partial charge in [-0.2, -0.15) is 0 Å². The molecule has 0 saturated carbocycles. The van der Waals surface area contributed by atoms with Crippen molar-refractivity contribution in [2.45, 2.75) is 19.6 Å². The number of hydrogen-bond acceptors (Lipinski definition) is 4. The molecule has 0 aliphatic rings. The molecule has 158 valence electrons. The SMILES string of the molecule is CN=C(NCc1ccc(-n2ccnc2)c(F)c1)NCC(C)Oc1cccc(OC)c1. The van der Waals surface area contributed by atoms with Crippen LogP contribution in [-0.4, -0.2) is 42.3 Å². The smallest absolute Gasteiger partial charge is 0.191 e. The summed E-state index contributed by atoms with van der Waals surface area (Å²) in [6.45, 7) is 2.95. The van der Waals surface area contributed by atoms with E-state index in [0.29, 0.717) is 24.7 Å². The molecule has 3 rings (SSSR count). The molecular formula is C22H26FN5O2. The van der Waals surface area contributed by atoms with Crippen molar-refractivity contribution in [1.82, 2.24) is 20.2 Å². The summed E-state index contributed by atoms with van der Waals surface area (Å²) >= 11 is 0. The van der Waals surface area contributed by atoms with Gasteiger partial charge in [-0.05, 0) is 36.8 Å². The molecule has 1 aromatic heterocycles. The highest BCUT2D eigenvalue weighted by atomic mass is 19.1. The fourth-order valence-electron chi connectivity index (χ4n) is 2.87. The van der Waals surface area contributed by atoms with E-state index in [0.717, 1.165) is 17.1 Å². The van der Waals surface area contributed by atoms with Gasteiger partial charge in [0.05, 0.1) is 25.7 Å². The molecule has 0 saturated heterocycles. The average Bonchev–Trinajstić information content (AvgIpc) is 3.28. The molecule has 2 aromatic carbocycles. The third-order valence-electron chi connectivity index (χ3n) is 4.41. The first-order valence-electron chi connectivity index (χ1n) is 9.61. The van der Waals surface area contributed by atoms with Crippen LogP contribution >= 0.6 is 0 Å². The molecule has 0 fully saturated rings. The summed E-state index contributed by atoms with van der Waals surface area (Å²) in [7, 11) is 3.31. The highest BCUT2D eigenvalue weighted by Gasteiger charge is 2.08. The Kier molecular flexibility index (Phi) is 7.26. The van der Waals surface area contributed by atoms with E-state index in [-0.39, 0.29) is 11.9 Å². The fraction of sp³-hybridized carbons (Fsp3) is 0.273. The molecule has 0 radical (unpaired) electrons. The number of methoxy groups -OCH3 is 1. The minimum atomic E-state index is -0.310. The number of aromatic nitrogens is 2. The van der Waals surface area contributed by atoms with Gasteiger partial charge in [-0.15, -0.1) is 0 Å². The van der Waals surface area contributed by atoms with Crippen LogP contribution in [0, 0.1) is 5.82 Å². The van der Waals surface area contributed by atoms with E-state index in [1.807, 2.05) is 37.3 Å². The number of hydrogen-bond donors (Lipinski definition) is 2. The van der Waals surface area contributed by atoms with E-state index in [9.17, 15) is 4.39 Å². The quantitative estimate of drug-likeness (QED) is 0.440. The van der Waals surface area contributed by atoms with Crippen molar-refractivity contribution in [2.75, 3.05) is 20.7 Å². The van der Waals surface area contributed by atoms with Crippen LogP contribution < -0.4 is 20.1 Å². The second-order valence-corrected chi connectivity index (χ2v) is 6.67. The highest BCUT2D eigenvalue weighted by molar-refractivity contribution is 5.79. The maximum absolute atomic E-state index is 14.4. The van der Waals surface area contributed by atoms with Gasteiger partial charge in [0, 0.05) is 32.1 Å². The number of guanidine groups is 1. The van der Waals surface area contributed by atoms with Gasteiger partial charge in [0.25, 0.3) is 0 Å². The molecule has 0 amide bonds. The zero-order valence-electron chi connectivity index (χ0n) is 17.3. The van der Waals surface area contributed by atoms with Crippen LogP contribution in [0.2, 0.25) is 0 Å². The number of nitrogens with zero attached hydrogens (tertiary/aromatic N) is 3. The number of rotatable bonds is 8. The molecule has 7 nitrogen and oxygen atoms in total. The summed E-state index contributed by atoms with van der Waals surface area (Å²) in [4.78, 5) is 8.15. The van der Waals surface area contributed by atoms with Crippen LogP contribution in [-0.2, 0) is 6.54 Å². The van der Waals surface area contributed by atoms with Crippen LogP contribution in [0.3, 0.4) is 0 Å². The fourth-order valence-corrected chi connectivity index (χ4v) is 2.87. The number of benzene rings is 2. The Hall–Kier alpha value is -3.55. The number of nitrogens with one attached hydrogen (secondary N) is 2. The van der Waals surface area contributed by atoms with Gasteiger partial charge in [0.1, 0.15) is 23.4 Å². The zero-order valence-corrected chi connectivity index (χ0v) is 17.3. The average molecular weight is 411 g/mol. The maximum Gasteiger partial charge on any atom is 0.191 e. The maximum atomic E-state index is 14.4. The van der Waals surface area contributed by atoms with Gasteiger partial charge < -0.3 is 24.7 Å². The lowest BCUT2D eigenvalue weighted by molar-refractivity contribution is 0.223. The largest absolute Gasteiger partial charge is 0.497 e. The Morgan fingerprint density at radius 2 is 2.03 bits per heavy atom. The Morgan fingerprint density at radius 1 is 1.20 bits per heavy atom. The Balaban J connectivity index is 1.49. The van der Waals surface area contributed by atoms with Crippen LogP contribution in [0.25, 0.3) is 5.69 Å². The first-order chi connectivity index (χ1) is 14.6. The standard InChI is InChI=1S/C22H26FN5O2/c1-16(30-19-6-4-5-18(12-19)29-3)13-26-22(24-2)27-14-17-7-8-21(20(23)11-17)28-10-9-25-15-28/h4-12,15-16H,13-14H2,1-3H3,(H2,24,26,27). The number of imidazole rings is 1. The van der Waals surface area contributed by atoms with Crippen LogP contribution in [0.4, 0.5) is 4.39 Å². The van der Waals surface area contributed by atoms with Crippen molar-refractivity contribution in [3.05, 3.63) is 72.6 Å². The summed E-state index contributed by atoms with van der Waals surface area (Å²) in [6.07, 6.45) is 4.79. The Bertz CT molecular complexity index is 975. The number of ether oxygens (including phenoxy) is 2. The second-order valence-electron chi connectivity index (χ2n) is 6.67. The lowest BCUT2D eigenvalue weighted by Crippen LogP contribution is -2.41. The summed E-state index contributed by atoms with van der Waals surface area (Å²) in [5, 5.41) is 6.40. The molecule has 1 unspecified atom stereocenters. The van der Waals surface area contributed by atoms with Gasteiger partial charge in [-0.25, -0.2) is 9.37 Å². The molecule has 1 heterocycles. The number of aliphatic imine (C=N–C) groups is 1. The predicted octanol–water partition coefficient (Wildman–Crippen LogP) is 3.15. The summed E-state index contributed by atoms with van der Waals surface area (Å²) in [5.41, 5.74) is 1.27. The molecule has 8 heteroatoms. The molecule has 0 aliphatic heterocycles. The summed E-state index contributed by atoms with van der Waals surface area (Å²) in [5.74, 6) is 1.78. The number of halogens is 1. The van der Waals surface area contributed by atoms with E-state index in [4.69, 9.17) is 9.47 Å². The normalized spacial score (nSPS) is 12.3. The van der Waals surface area contributed by atoms with E-state index in [1.165, 1.54) is 6.07 Å². The Morgan fingerprint density at radius 3 is 2.73 bits per heavy atom. The van der Waals surface area contributed by atoms with E-state index in [2.05, 4.69) is 20.6 Å². The zero-order chi connectivity index (χ0) is 21.3. The minimum Gasteiger partial charge on any atom is -0.497 e.